The van der Waals surface area contributed by atoms with Crippen LogP contribution in [0.2, 0.25) is 0 Å². The summed E-state index contributed by atoms with van der Waals surface area (Å²) in [5.74, 6) is -1.46. The molecule has 0 heterocycles. The van der Waals surface area contributed by atoms with E-state index in [9.17, 15) is 43.2 Å². The average Bonchev–Trinajstić information content (AvgIpc) is 3.62. The van der Waals surface area contributed by atoms with Crippen LogP contribution in [0.1, 0.15) is 356 Å². The van der Waals surface area contributed by atoms with Crippen LogP contribution >= 0.6 is 15.6 Å². The maximum atomic E-state index is 13.0. The minimum absolute atomic E-state index is 0.101. The van der Waals surface area contributed by atoms with E-state index in [0.29, 0.717) is 31.6 Å². The highest BCUT2D eigenvalue weighted by Crippen LogP contribution is 2.45. The number of hydrogen-bond donors (Lipinski definition) is 3. The van der Waals surface area contributed by atoms with E-state index in [4.69, 9.17) is 37.0 Å². The van der Waals surface area contributed by atoms with Gasteiger partial charge in [0.25, 0.3) is 0 Å². The molecule has 19 heteroatoms. The largest absolute Gasteiger partial charge is 0.472 e. The molecule has 92 heavy (non-hydrogen) atoms. The van der Waals surface area contributed by atoms with E-state index in [1.54, 1.807) is 0 Å². The van der Waals surface area contributed by atoms with Crippen molar-refractivity contribution in [3.63, 3.8) is 0 Å². The predicted octanol–water partition coefficient (Wildman–Crippen LogP) is 20.9. The van der Waals surface area contributed by atoms with Gasteiger partial charge in [0.1, 0.15) is 19.3 Å². The number of phosphoric ester groups is 2. The molecule has 0 radical (unpaired) electrons. The van der Waals surface area contributed by atoms with E-state index in [1.165, 1.54) is 154 Å². The lowest BCUT2D eigenvalue weighted by atomic mass is 10.0. The third-order valence-corrected chi connectivity index (χ3v) is 18.3. The van der Waals surface area contributed by atoms with Crippen molar-refractivity contribution in [3.05, 3.63) is 24.3 Å². The van der Waals surface area contributed by atoms with Crippen LogP contribution in [-0.4, -0.2) is 96.7 Å². The molecule has 0 aliphatic rings. The highest BCUT2D eigenvalue weighted by atomic mass is 31.2. The van der Waals surface area contributed by atoms with Gasteiger partial charge in [-0.15, -0.1) is 0 Å². The van der Waals surface area contributed by atoms with E-state index in [-0.39, 0.29) is 25.7 Å². The average molecular weight is 1350 g/mol. The lowest BCUT2D eigenvalue weighted by Crippen LogP contribution is -2.30. The molecule has 0 aromatic heterocycles. The van der Waals surface area contributed by atoms with Gasteiger partial charge >= 0.3 is 39.5 Å². The summed E-state index contributed by atoms with van der Waals surface area (Å²) in [5.41, 5.74) is 0. The fourth-order valence-electron chi connectivity index (χ4n) is 10.6. The number of allylic oxidation sites excluding steroid dienone is 4. The van der Waals surface area contributed by atoms with Gasteiger partial charge in [0.15, 0.2) is 12.2 Å². The van der Waals surface area contributed by atoms with Crippen LogP contribution in [-0.2, 0) is 65.4 Å². The van der Waals surface area contributed by atoms with Gasteiger partial charge in [0, 0.05) is 25.7 Å². The molecule has 0 saturated heterocycles. The highest BCUT2D eigenvalue weighted by molar-refractivity contribution is 7.47. The molecule has 0 aromatic carbocycles. The van der Waals surface area contributed by atoms with Crippen molar-refractivity contribution in [1.82, 2.24) is 0 Å². The first-order chi connectivity index (χ1) is 44.5. The van der Waals surface area contributed by atoms with Crippen LogP contribution in [0.4, 0.5) is 0 Å². The Labute approximate surface area is 561 Å². The van der Waals surface area contributed by atoms with E-state index >= 15 is 0 Å². The second kappa shape index (κ2) is 65.8. The van der Waals surface area contributed by atoms with E-state index in [2.05, 4.69) is 58.9 Å². The van der Waals surface area contributed by atoms with Crippen molar-refractivity contribution in [2.24, 2.45) is 5.92 Å². The summed E-state index contributed by atoms with van der Waals surface area (Å²) < 4.78 is 68.2. The Balaban J connectivity index is 5.23. The molecule has 0 spiro atoms. The van der Waals surface area contributed by atoms with Crippen molar-refractivity contribution in [2.45, 2.75) is 374 Å². The van der Waals surface area contributed by atoms with Gasteiger partial charge in [-0.3, -0.25) is 37.3 Å². The molecule has 0 saturated carbocycles. The van der Waals surface area contributed by atoms with Gasteiger partial charge in [-0.2, -0.15) is 0 Å². The Morgan fingerprint density at radius 3 is 0.891 bits per heavy atom. The van der Waals surface area contributed by atoms with E-state index in [0.717, 1.165) is 116 Å². The molecule has 0 rings (SSSR count). The number of rotatable bonds is 71. The molecule has 5 atom stereocenters. The number of ether oxygens (including phenoxy) is 4. The number of carbonyl (C=O) groups is 4. The fraction of sp³-hybridized carbons (Fsp3) is 0.890. The number of phosphoric acid groups is 2. The van der Waals surface area contributed by atoms with Gasteiger partial charge in [-0.25, -0.2) is 9.13 Å². The first-order valence-electron chi connectivity index (χ1n) is 37.5. The van der Waals surface area contributed by atoms with Gasteiger partial charge in [-0.1, -0.05) is 303 Å². The van der Waals surface area contributed by atoms with Gasteiger partial charge in [0.2, 0.25) is 0 Å². The number of unbranched alkanes of at least 4 members (excludes halogenated alkanes) is 40. The van der Waals surface area contributed by atoms with Gasteiger partial charge in [0.05, 0.1) is 26.4 Å². The number of carbonyl (C=O) groups excluding carboxylic acids is 4. The van der Waals surface area contributed by atoms with Crippen molar-refractivity contribution in [3.8, 4) is 0 Å². The lowest BCUT2D eigenvalue weighted by molar-refractivity contribution is -0.161. The molecule has 0 bridgehead atoms. The summed E-state index contributed by atoms with van der Waals surface area (Å²) in [6.45, 7) is 7.11. The number of aliphatic hydroxyl groups excluding tert-OH is 1. The van der Waals surface area contributed by atoms with Crippen LogP contribution in [0.3, 0.4) is 0 Å². The Bertz CT molecular complexity index is 1860. The lowest BCUT2D eigenvalue weighted by Gasteiger charge is -2.21. The molecule has 0 fully saturated rings. The first kappa shape index (κ1) is 89.5. The summed E-state index contributed by atoms with van der Waals surface area (Å²) in [4.78, 5) is 72.5. The Kier molecular flexibility index (Phi) is 64.0. The van der Waals surface area contributed by atoms with Crippen LogP contribution in [0.5, 0.6) is 0 Å². The van der Waals surface area contributed by atoms with Crippen LogP contribution in [0, 0.1) is 5.92 Å². The molecule has 0 aromatic rings. The Hall–Kier alpha value is -2.46. The molecule has 0 aliphatic carbocycles. The normalized spacial score (nSPS) is 14.2. The summed E-state index contributed by atoms with van der Waals surface area (Å²) in [6, 6.07) is 0. The monoisotopic (exact) mass is 1350 g/mol. The number of esters is 4. The summed E-state index contributed by atoms with van der Waals surface area (Å²) in [6.07, 6.45) is 56.6. The quantitative estimate of drug-likeness (QED) is 0.0169. The summed E-state index contributed by atoms with van der Waals surface area (Å²) in [5, 5.41) is 10.6. The maximum Gasteiger partial charge on any atom is 0.472 e. The summed E-state index contributed by atoms with van der Waals surface area (Å²) in [7, 11) is -9.91. The minimum Gasteiger partial charge on any atom is -0.462 e. The molecule has 3 N–H and O–H groups in total. The molecule has 0 amide bonds. The fourth-order valence-corrected chi connectivity index (χ4v) is 12.2. The number of aliphatic hydroxyl groups is 1. The molecular weight excluding hydrogens is 1210 g/mol. The predicted molar refractivity (Wildman–Crippen MR) is 372 cm³/mol. The molecule has 17 nitrogen and oxygen atoms in total. The third-order valence-electron chi connectivity index (χ3n) is 16.4. The van der Waals surface area contributed by atoms with Crippen LogP contribution < -0.4 is 0 Å². The third kappa shape index (κ3) is 66.2. The first-order valence-corrected chi connectivity index (χ1v) is 40.4. The zero-order valence-electron chi connectivity index (χ0n) is 59.2. The zero-order valence-corrected chi connectivity index (χ0v) is 61.0. The summed E-state index contributed by atoms with van der Waals surface area (Å²) >= 11 is 0. The minimum atomic E-state index is -4.96. The second-order valence-corrected chi connectivity index (χ2v) is 29.0. The van der Waals surface area contributed by atoms with E-state index in [1.807, 2.05) is 0 Å². The van der Waals surface area contributed by atoms with Crippen molar-refractivity contribution in [1.29, 1.82) is 0 Å². The Morgan fingerprint density at radius 2 is 0.587 bits per heavy atom. The maximum absolute atomic E-state index is 13.0. The van der Waals surface area contributed by atoms with Gasteiger partial charge < -0.3 is 33.8 Å². The highest BCUT2D eigenvalue weighted by Gasteiger charge is 2.30. The van der Waals surface area contributed by atoms with Gasteiger partial charge in [-0.05, 0) is 57.3 Å². The Morgan fingerprint density at radius 1 is 0.337 bits per heavy atom. The molecular formula is C73H138O17P2. The van der Waals surface area contributed by atoms with Crippen molar-refractivity contribution >= 4 is 39.5 Å². The zero-order chi connectivity index (χ0) is 67.7. The smallest absolute Gasteiger partial charge is 0.462 e. The molecule has 2 unspecified atom stereocenters. The van der Waals surface area contributed by atoms with Crippen molar-refractivity contribution in [2.75, 3.05) is 39.6 Å². The van der Waals surface area contributed by atoms with Crippen molar-refractivity contribution < 1.29 is 80.2 Å². The van der Waals surface area contributed by atoms with Crippen LogP contribution in [0.25, 0.3) is 0 Å². The van der Waals surface area contributed by atoms with E-state index < -0.39 is 97.5 Å². The standard InChI is InChI=1S/C73H138O17P2/c1-6-9-12-15-18-21-23-25-27-28-29-30-32-34-36-38-43-48-53-58-72(77)89-68(63-84-71(76)57-52-47-42-37-35-33-31-26-24-22-19-16-13-10-7-2)64-87-91(79,80)85-60-67(74)61-86-92(81,82)88-65-69(62-83-70(75)56-51-46-41-20-17-14-11-8-3)90-73(78)59-54-49-44-39-40-45-50-55-66(4)5/h22,24,26,31,66-69,74H,6-21,23,25,27-30,32-65H2,1-5H3,(H,79,80)(H,81,82)/b24-22-,31-26-/t67-,68-,69-/m1/s1. The topological polar surface area (TPSA) is 237 Å². The SMILES string of the molecule is CCCCCC/C=C\C=C/CCCCCCCC(=O)OC[C@H](COP(=O)(O)OC[C@@H](O)COP(=O)(O)OC[C@@H](COC(=O)CCCCCCCCCC)OC(=O)CCCCCCCCCC(C)C)OC(=O)CCCCCCCCCCCCCCCCCCCCC. The molecule has 542 valence electrons. The second-order valence-electron chi connectivity index (χ2n) is 26.1. The molecule has 0 aliphatic heterocycles. The van der Waals surface area contributed by atoms with Crippen LogP contribution in [0.15, 0.2) is 24.3 Å². The number of hydrogen-bond acceptors (Lipinski definition) is 15.